The summed E-state index contributed by atoms with van der Waals surface area (Å²) in [5, 5.41) is 0. The number of nitrogens with zero attached hydrogens (tertiary/aromatic N) is 2. The van der Waals surface area contributed by atoms with Gasteiger partial charge in [0.15, 0.2) is 0 Å². The van der Waals surface area contributed by atoms with Crippen molar-refractivity contribution in [3.63, 3.8) is 0 Å². The van der Waals surface area contributed by atoms with Crippen LogP contribution in [0.25, 0.3) is 0 Å². The lowest BCUT2D eigenvalue weighted by Crippen LogP contribution is -2.41. The molecule has 0 radical (unpaired) electrons. The molecule has 1 saturated carbocycles. The average Bonchev–Trinajstić information content (AvgIpc) is 2.79. The van der Waals surface area contributed by atoms with Crippen molar-refractivity contribution in [2.24, 2.45) is 5.92 Å². The number of hydrogen-bond donors (Lipinski definition) is 0. The van der Waals surface area contributed by atoms with Gasteiger partial charge in [-0.25, -0.2) is 0 Å². The van der Waals surface area contributed by atoms with Crippen molar-refractivity contribution in [2.45, 2.75) is 39.0 Å². The highest BCUT2D eigenvalue weighted by molar-refractivity contribution is 5.81. The van der Waals surface area contributed by atoms with E-state index in [9.17, 15) is 9.59 Å². The molecule has 1 aromatic carbocycles. The van der Waals surface area contributed by atoms with Crippen LogP contribution in [-0.2, 0) is 16.0 Å². The minimum Gasteiger partial charge on any atom is -0.496 e. The molecule has 1 aliphatic heterocycles. The smallest absolute Gasteiger partial charge is 0.227 e. The lowest BCUT2D eigenvalue weighted by atomic mass is 9.84. The Labute approximate surface area is 149 Å². The van der Waals surface area contributed by atoms with E-state index >= 15 is 0 Å². The third-order valence-corrected chi connectivity index (χ3v) is 5.39. The zero-order valence-corrected chi connectivity index (χ0v) is 15.3. The van der Waals surface area contributed by atoms with Crippen molar-refractivity contribution >= 4 is 11.8 Å². The third kappa shape index (κ3) is 4.14. The standard InChI is InChI=1S/C20H28N2O3/c1-15-7-8-18(25-2)17(13-15)14-19(23)21-9-4-10-22(12-11-21)20(24)16-5-3-6-16/h7-8,13,16H,3-6,9-12,14H2,1-2H3. The molecule has 0 bridgehead atoms. The molecular weight excluding hydrogens is 316 g/mol. The molecule has 2 amide bonds. The van der Waals surface area contributed by atoms with E-state index in [2.05, 4.69) is 0 Å². The van der Waals surface area contributed by atoms with Gasteiger partial charge in [-0.3, -0.25) is 9.59 Å². The molecule has 0 N–H and O–H groups in total. The fourth-order valence-corrected chi connectivity index (χ4v) is 3.62. The Kier molecular flexibility index (Phi) is 5.61. The molecule has 136 valence electrons. The van der Waals surface area contributed by atoms with Gasteiger partial charge in [0, 0.05) is 37.7 Å². The van der Waals surface area contributed by atoms with Crippen LogP contribution in [-0.4, -0.2) is 54.9 Å². The molecule has 5 heteroatoms. The number of aryl methyl sites for hydroxylation is 1. The minimum absolute atomic E-state index is 0.113. The zero-order valence-electron chi connectivity index (χ0n) is 15.3. The molecule has 1 aliphatic carbocycles. The Balaban J connectivity index is 1.59. The van der Waals surface area contributed by atoms with Gasteiger partial charge in [0.2, 0.25) is 11.8 Å². The molecule has 1 heterocycles. The van der Waals surface area contributed by atoms with Gasteiger partial charge in [-0.15, -0.1) is 0 Å². The maximum atomic E-state index is 12.7. The van der Waals surface area contributed by atoms with E-state index in [4.69, 9.17) is 4.74 Å². The Bertz CT molecular complexity index is 640. The maximum Gasteiger partial charge on any atom is 0.227 e. The first-order chi connectivity index (χ1) is 12.1. The summed E-state index contributed by atoms with van der Waals surface area (Å²) in [6.07, 6.45) is 4.44. The zero-order chi connectivity index (χ0) is 17.8. The van der Waals surface area contributed by atoms with Gasteiger partial charge in [-0.2, -0.15) is 0 Å². The summed E-state index contributed by atoms with van der Waals surface area (Å²) in [6, 6.07) is 5.92. The summed E-state index contributed by atoms with van der Waals surface area (Å²) in [7, 11) is 1.63. The van der Waals surface area contributed by atoms with Gasteiger partial charge in [0.05, 0.1) is 13.5 Å². The van der Waals surface area contributed by atoms with Gasteiger partial charge in [-0.05, 0) is 32.3 Å². The first kappa shape index (κ1) is 17.8. The Morgan fingerprint density at radius 1 is 1.08 bits per heavy atom. The largest absolute Gasteiger partial charge is 0.496 e. The molecule has 2 aliphatic rings. The maximum absolute atomic E-state index is 12.7. The number of hydrogen-bond acceptors (Lipinski definition) is 3. The van der Waals surface area contributed by atoms with Crippen molar-refractivity contribution in [3.05, 3.63) is 29.3 Å². The second-order valence-electron chi connectivity index (χ2n) is 7.18. The molecule has 5 nitrogen and oxygen atoms in total. The second-order valence-corrected chi connectivity index (χ2v) is 7.18. The fraction of sp³-hybridized carbons (Fsp3) is 0.600. The predicted molar refractivity (Wildman–Crippen MR) is 96.6 cm³/mol. The lowest BCUT2D eigenvalue weighted by Gasteiger charge is -2.31. The molecule has 0 spiro atoms. The van der Waals surface area contributed by atoms with E-state index in [1.807, 2.05) is 34.9 Å². The van der Waals surface area contributed by atoms with Crippen LogP contribution in [0, 0.1) is 12.8 Å². The van der Waals surface area contributed by atoms with Crippen LogP contribution in [0.3, 0.4) is 0 Å². The highest BCUT2D eigenvalue weighted by Crippen LogP contribution is 2.28. The number of amides is 2. The second kappa shape index (κ2) is 7.89. The quantitative estimate of drug-likeness (QED) is 0.843. The van der Waals surface area contributed by atoms with E-state index in [0.29, 0.717) is 25.4 Å². The summed E-state index contributed by atoms with van der Waals surface area (Å²) in [5.74, 6) is 1.40. The number of methoxy groups -OCH3 is 1. The van der Waals surface area contributed by atoms with Crippen molar-refractivity contribution in [1.29, 1.82) is 0 Å². The molecule has 0 atom stereocenters. The highest BCUT2D eigenvalue weighted by Gasteiger charge is 2.31. The van der Waals surface area contributed by atoms with Crippen LogP contribution in [0.4, 0.5) is 0 Å². The van der Waals surface area contributed by atoms with E-state index in [-0.39, 0.29) is 11.8 Å². The molecule has 1 aromatic rings. The summed E-state index contributed by atoms with van der Waals surface area (Å²) in [4.78, 5) is 29.0. The Morgan fingerprint density at radius 3 is 2.48 bits per heavy atom. The van der Waals surface area contributed by atoms with Crippen LogP contribution in [0.5, 0.6) is 5.75 Å². The molecule has 1 saturated heterocycles. The first-order valence-electron chi connectivity index (χ1n) is 9.28. The van der Waals surface area contributed by atoms with Gasteiger partial charge in [0.1, 0.15) is 5.75 Å². The van der Waals surface area contributed by atoms with Crippen LogP contribution in [0.15, 0.2) is 18.2 Å². The summed E-state index contributed by atoms with van der Waals surface area (Å²) < 4.78 is 5.38. The topological polar surface area (TPSA) is 49.9 Å². The molecule has 25 heavy (non-hydrogen) atoms. The number of benzene rings is 1. The third-order valence-electron chi connectivity index (χ3n) is 5.39. The lowest BCUT2D eigenvalue weighted by molar-refractivity contribution is -0.138. The summed E-state index contributed by atoms with van der Waals surface area (Å²) in [6.45, 7) is 4.80. The fourth-order valence-electron chi connectivity index (χ4n) is 3.62. The van der Waals surface area contributed by atoms with Crippen molar-refractivity contribution in [1.82, 2.24) is 9.80 Å². The first-order valence-corrected chi connectivity index (χ1v) is 9.28. The van der Waals surface area contributed by atoms with Gasteiger partial charge in [0.25, 0.3) is 0 Å². The molecule has 0 aromatic heterocycles. The highest BCUT2D eigenvalue weighted by atomic mass is 16.5. The number of rotatable bonds is 4. The Hall–Kier alpha value is -2.04. The summed E-state index contributed by atoms with van der Waals surface area (Å²) >= 11 is 0. The Morgan fingerprint density at radius 2 is 1.80 bits per heavy atom. The monoisotopic (exact) mass is 344 g/mol. The number of carbonyl (C=O) groups excluding carboxylic acids is 2. The van der Waals surface area contributed by atoms with Crippen molar-refractivity contribution in [2.75, 3.05) is 33.3 Å². The molecule has 0 unspecified atom stereocenters. The SMILES string of the molecule is COc1ccc(C)cc1CC(=O)N1CCCN(C(=O)C2CCC2)CC1. The van der Waals surface area contributed by atoms with E-state index < -0.39 is 0 Å². The van der Waals surface area contributed by atoms with Gasteiger partial charge < -0.3 is 14.5 Å². The summed E-state index contributed by atoms with van der Waals surface area (Å²) in [5.41, 5.74) is 2.05. The number of ether oxygens (including phenoxy) is 1. The van der Waals surface area contributed by atoms with Crippen LogP contribution in [0.2, 0.25) is 0 Å². The minimum atomic E-state index is 0.113. The van der Waals surface area contributed by atoms with Gasteiger partial charge in [-0.1, -0.05) is 24.1 Å². The molecular formula is C20H28N2O3. The van der Waals surface area contributed by atoms with Crippen LogP contribution in [0.1, 0.15) is 36.8 Å². The van der Waals surface area contributed by atoms with E-state index in [1.165, 1.54) is 6.42 Å². The van der Waals surface area contributed by atoms with Crippen molar-refractivity contribution in [3.8, 4) is 5.75 Å². The van der Waals surface area contributed by atoms with Crippen LogP contribution >= 0.6 is 0 Å². The predicted octanol–water partition coefficient (Wildman–Crippen LogP) is 2.41. The normalized spacial score (nSPS) is 18.5. The average molecular weight is 344 g/mol. The van der Waals surface area contributed by atoms with Crippen LogP contribution < -0.4 is 4.74 Å². The molecule has 3 rings (SSSR count). The van der Waals surface area contributed by atoms with Crippen molar-refractivity contribution < 1.29 is 14.3 Å². The van der Waals surface area contributed by atoms with Gasteiger partial charge >= 0.3 is 0 Å². The van der Waals surface area contributed by atoms with E-state index in [0.717, 1.165) is 49.2 Å². The number of carbonyl (C=O) groups is 2. The van der Waals surface area contributed by atoms with E-state index in [1.54, 1.807) is 7.11 Å². The molecule has 2 fully saturated rings.